The van der Waals surface area contributed by atoms with E-state index in [9.17, 15) is 14.7 Å². The van der Waals surface area contributed by atoms with Gasteiger partial charge in [0.05, 0.1) is 5.56 Å². The lowest BCUT2D eigenvalue weighted by molar-refractivity contribution is 0.0696. The average Bonchev–Trinajstić information content (AvgIpc) is 2.49. The maximum Gasteiger partial charge on any atom is 0.335 e. The van der Waals surface area contributed by atoms with Gasteiger partial charge in [0.1, 0.15) is 0 Å². The zero-order valence-electron chi connectivity index (χ0n) is 13.6. The van der Waals surface area contributed by atoms with E-state index < -0.39 is 5.97 Å². The Labute approximate surface area is 136 Å². The Balaban J connectivity index is 2.35. The van der Waals surface area contributed by atoms with Crippen molar-refractivity contribution in [1.82, 2.24) is 0 Å². The van der Waals surface area contributed by atoms with Crippen LogP contribution in [0.5, 0.6) is 0 Å². The molecule has 0 bridgehead atoms. The minimum Gasteiger partial charge on any atom is -0.478 e. The minimum atomic E-state index is -1.02. The van der Waals surface area contributed by atoms with Gasteiger partial charge >= 0.3 is 5.97 Å². The third kappa shape index (κ3) is 4.19. The zero-order valence-corrected chi connectivity index (χ0v) is 13.6. The highest BCUT2D eigenvalue weighted by Gasteiger charge is 2.17. The van der Waals surface area contributed by atoms with Gasteiger partial charge in [-0.05, 0) is 44.5 Å². The van der Waals surface area contributed by atoms with Crippen LogP contribution in [0.25, 0.3) is 0 Å². The van der Waals surface area contributed by atoms with E-state index in [0.717, 1.165) is 11.3 Å². The summed E-state index contributed by atoms with van der Waals surface area (Å²) < 4.78 is 0. The van der Waals surface area contributed by atoms with Gasteiger partial charge in [0, 0.05) is 23.7 Å². The monoisotopic (exact) mass is 311 g/mol. The van der Waals surface area contributed by atoms with Crippen LogP contribution in [0.4, 0.5) is 5.69 Å². The number of carboxylic acids is 1. The van der Waals surface area contributed by atoms with E-state index in [1.54, 1.807) is 18.2 Å². The molecule has 0 fully saturated rings. The van der Waals surface area contributed by atoms with Crippen molar-refractivity contribution in [3.63, 3.8) is 0 Å². The molecule has 0 saturated carbocycles. The molecule has 0 spiro atoms. The standard InChI is InChI=1S/C19H21NO3/c1-12(2)20-17-9-8-13(3)10-16(17)18(21)11-14-6-4-5-7-15(14)19(22)23/h4-10,12,20H,11H2,1-3H3,(H,22,23). The van der Waals surface area contributed by atoms with Crippen LogP contribution in [-0.4, -0.2) is 22.9 Å². The van der Waals surface area contributed by atoms with Crippen molar-refractivity contribution in [3.8, 4) is 0 Å². The summed E-state index contributed by atoms with van der Waals surface area (Å²) in [4.78, 5) is 24.0. The van der Waals surface area contributed by atoms with Gasteiger partial charge in [-0.1, -0.05) is 29.8 Å². The van der Waals surface area contributed by atoms with Crippen molar-refractivity contribution in [2.45, 2.75) is 33.2 Å². The average molecular weight is 311 g/mol. The predicted octanol–water partition coefficient (Wildman–Crippen LogP) is 3.94. The molecule has 2 aromatic carbocycles. The molecular formula is C19H21NO3. The summed E-state index contributed by atoms with van der Waals surface area (Å²) >= 11 is 0. The summed E-state index contributed by atoms with van der Waals surface area (Å²) in [5.74, 6) is -1.11. The Hall–Kier alpha value is -2.62. The molecule has 2 N–H and O–H groups in total. The lowest BCUT2D eigenvalue weighted by atomic mass is 9.96. The Bertz CT molecular complexity index is 735. The molecule has 0 aliphatic heterocycles. The van der Waals surface area contributed by atoms with Crippen LogP contribution >= 0.6 is 0 Å². The number of anilines is 1. The third-order valence-electron chi connectivity index (χ3n) is 3.52. The van der Waals surface area contributed by atoms with Crippen LogP contribution < -0.4 is 5.32 Å². The molecule has 2 aromatic rings. The van der Waals surface area contributed by atoms with E-state index in [2.05, 4.69) is 5.32 Å². The van der Waals surface area contributed by atoms with Crippen LogP contribution in [0, 0.1) is 6.92 Å². The van der Waals surface area contributed by atoms with Crippen molar-refractivity contribution in [2.24, 2.45) is 0 Å². The molecule has 0 radical (unpaired) electrons. The molecule has 120 valence electrons. The molecule has 0 heterocycles. The number of nitrogens with one attached hydrogen (secondary N) is 1. The van der Waals surface area contributed by atoms with Gasteiger partial charge in [0.2, 0.25) is 0 Å². The Morgan fingerprint density at radius 2 is 1.78 bits per heavy atom. The Morgan fingerprint density at radius 3 is 2.43 bits per heavy atom. The molecule has 0 unspecified atom stereocenters. The molecule has 0 amide bonds. The molecular weight excluding hydrogens is 290 g/mol. The Morgan fingerprint density at radius 1 is 1.09 bits per heavy atom. The quantitative estimate of drug-likeness (QED) is 0.793. The van der Waals surface area contributed by atoms with E-state index in [4.69, 9.17) is 0 Å². The SMILES string of the molecule is Cc1ccc(NC(C)C)c(C(=O)Cc2ccccc2C(=O)O)c1. The molecule has 23 heavy (non-hydrogen) atoms. The Kier molecular flexibility index (Phi) is 5.16. The fourth-order valence-electron chi connectivity index (χ4n) is 2.48. The van der Waals surface area contributed by atoms with Gasteiger partial charge in [-0.25, -0.2) is 4.79 Å². The number of ketones is 1. The summed E-state index contributed by atoms with van der Waals surface area (Å²) in [6, 6.07) is 12.5. The van der Waals surface area contributed by atoms with Crippen LogP contribution in [0.2, 0.25) is 0 Å². The number of aryl methyl sites for hydroxylation is 1. The number of carbonyl (C=O) groups is 2. The van der Waals surface area contributed by atoms with Gasteiger partial charge < -0.3 is 10.4 Å². The van der Waals surface area contributed by atoms with Crippen molar-refractivity contribution < 1.29 is 14.7 Å². The van der Waals surface area contributed by atoms with Gasteiger partial charge in [-0.3, -0.25) is 4.79 Å². The first-order valence-electron chi connectivity index (χ1n) is 7.60. The van der Waals surface area contributed by atoms with Crippen molar-refractivity contribution >= 4 is 17.4 Å². The number of benzene rings is 2. The van der Waals surface area contributed by atoms with Crippen LogP contribution in [0.1, 0.15) is 45.7 Å². The van der Waals surface area contributed by atoms with Crippen molar-refractivity contribution in [2.75, 3.05) is 5.32 Å². The molecule has 4 heteroatoms. The largest absolute Gasteiger partial charge is 0.478 e. The van der Waals surface area contributed by atoms with Gasteiger partial charge in [0.25, 0.3) is 0 Å². The first-order valence-corrected chi connectivity index (χ1v) is 7.60. The first kappa shape index (κ1) is 16.7. The molecule has 0 saturated heterocycles. The number of Topliss-reactive ketones (excluding diaryl/α,β-unsaturated/α-hetero) is 1. The number of hydrogen-bond donors (Lipinski definition) is 2. The molecule has 4 nitrogen and oxygen atoms in total. The summed E-state index contributed by atoms with van der Waals surface area (Å²) in [7, 11) is 0. The summed E-state index contributed by atoms with van der Waals surface area (Å²) in [5, 5.41) is 12.5. The smallest absolute Gasteiger partial charge is 0.335 e. The van der Waals surface area contributed by atoms with Crippen LogP contribution in [0.3, 0.4) is 0 Å². The van der Waals surface area contributed by atoms with E-state index in [0.29, 0.717) is 11.1 Å². The maximum atomic E-state index is 12.7. The number of hydrogen-bond acceptors (Lipinski definition) is 3. The van der Waals surface area contributed by atoms with E-state index in [-0.39, 0.29) is 23.8 Å². The molecule has 2 rings (SSSR count). The topological polar surface area (TPSA) is 66.4 Å². The lowest BCUT2D eigenvalue weighted by Crippen LogP contribution is -2.15. The van der Waals surface area contributed by atoms with Crippen molar-refractivity contribution in [1.29, 1.82) is 0 Å². The molecule has 0 atom stereocenters. The minimum absolute atomic E-state index is 0.0682. The van der Waals surface area contributed by atoms with Crippen LogP contribution in [-0.2, 0) is 6.42 Å². The second kappa shape index (κ2) is 7.09. The maximum absolute atomic E-state index is 12.7. The highest BCUT2D eigenvalue weighted by molar-refractivity contribution is 6.03. The lowest BCUT2D eigenvalue weighted by Gasteiger charge is -2.15. The fraction of sp³-hybridized carbons (Fsp3) is 0.263. The number of aromatic carboxylic acids is 1. The van der Waals surface area contributed by atoms with Crippen molar-refractivity contribution in [3.05, 3.63) is 64.7 Å². The first-order chi connectivity index (χ1) is 10.9. The third-order valence-corrected chi connectivity index (χ3v) is 3.52. The summed E-state index contributed by atoms with van der Waals surface area (Å²) in [6.07, 6.45) is 0.0682. The number of carboxylic acid groups (broad SMARTS) is 1. The second-order valence-electron chi connectivity index (χ2n) is 5.91. The second-order valence-corrected chi connectivity index (χ2v) is 5.91. The normalized spacial score (nSPS) is 10.6. The van der Waals surface area contributed by atoms with Gasteiger partial charge in [-0.15, -0.1) is 0 Å². The zero-order chi connectivity index (χ0) is 17.0. The van der Waals surface area contributed by atoms with Gasteiger partial charge in [0.15, 0.2) is 5.78 Å². The molecule has 0 aliphatic rings. The summed E-state index contributed by atoms with van der Waals surface area (Å²) in [5.41, 5.74) is 3.07. The van der Waals surface area contributed by atoms with Gasteiger partial charge in [-0.2, -0.15) is 0 Å². The molecule has 0 aliphatic carbocycles. The highest BCUT2D eigenvalue weighted by atomic mass is 16.4. The number of rotatable bonds is 6. The van der Waals surface area contributed by atoms with E-state index in [1.165, 1.54) is 6.07 Å². The van der Waals surface area contributed by atoms with E-state index >= 15 is 0 Å². The van der Waals surface area contributed by atoms with E-state index in [1.807, 2.05) is 39.0 Å². The fourth-order valence-corrected chi connectivity index (χ4v) is 2.48. The predicted molar refractivity (Wildman–Crippen MR) is 91.4 cm³/mol. The molecule has 0 aromatic heterocycles. The number of carbonyl (C=O) groups excluding carboxylic acids is 1. The van der Waals surface area contributed by atoms with Crippen LogP contribution in [0.15, 0.2) is 42.5 Å². The summed E-state index contributed by atoms with van der Waals surface area (Å²) in [6.45, 7) is 5.95. The highest BCUT2D eigenvalue weighted by Crippen LogP contribution is 2.21.